The molecule has 0 radical (unpaired) electrons. The molecule has 46 heteroatoms. The second kappa shape index (κ2) is 67.7. The summed E-state index contributed by atoms with van der Waals surface area (Å²) in [7, 11) is 8.28. The van der Waals surface area contributed by atoms with Gasteiger partial charge in [-0.25, -0.2) is 9.59 Å². The molecule has 0 aliphatic carbocycles. The minimum absolute atomic E-state index is 0. The average Bonchev–Trinajstić information content (AvgIpc) is 0.772. The smallest absolute Gasteiger partial charge is 0.407 e. The van der Waals surface area contributed by atoms with Crippen LogP contribution in [0.25, 0.3) is 0 Å². The highest BCUT2D eigenvalue weighted by Gasteiger charge is 2.56. The van der Waals surface area contributed by atoms with Gasteiger partial charge in [0.2, 0.25) is 0 Å². The van der Waals surface area contributed by atoms with Crippen molar-refractivity contribution in [3.05, 3.63) is 132 Å². The summed E-state index contributed by atoms with van der Waals surface area (Å²) >= 11 is 17.4. The first-order chi connectivity index (χ1) is 68.5. The summed E-state index contributed by atoms with van der Waals surface area (Å²) in [5.41, 5.74) is 6.33. The van der Waals surface area contributed by atoms with Gasteiger partial charge in [-0.15, -0.1) is 0 Å². The number of amides is 2. The van der Waals surface area contributed by atoms with E-state index in [1.54, 1.807) is 50.9 Å². The van der Waals surface area contributed by atoms with E-state index in [0.29, 0.717) is 76.8 Å². The molecule has 0 aromatic heterocycles. The lowest BCUT2D eigenvalue weighted by Crippen LogP contribution is -2.65. The van der Waals surface area contributed by atoms with Crippen molar-refractivity contribution in [2.24, 2.45) is 41.2 Å². The van der Waals surface area contributed by atoms with Crippen molar-refractivity contribution in [1.82, 2.24) is 10.6 Å². The lowest BCUT2D eigenvalue weighted by atomic mass is 9.83. The topological polar surface area (TPSA) is 463 Å². The zero-order chi connectivity index (χ0) is 104. The third-order valence-corrected chi connectivity index (χ3v) is 33.5. The molecular formula is C99H155N3O33S10. The Morgan fingerprint density at radius 1 is 0.400 bits per heavy atom. The van der Waals surface area contributed by atoms with Gasteiger partial charge < -0.3 is 156 Å². The molecular weight excluding hydrogens is 2080 g/mol. The number of carbonyl (C=O) groups is 4. The molecule has 8 saturated heterocycles. The molecule has 0 spiro atoms. The monoisotopic (exact) mass is 2230 g/mol. The molecule has 11 N–H and O–H groups in total. The maximum atomic E-state index is 12.4. The molecule has 36 nitrogen and oxygen atoms in total. The first-order valence-electron chi connectivity index (χ1n) is 48.3. The number of para-hydroxylation sites is 2. The second-order valence-corrected chi connectivity index (χ2v) is 48.2. The van der Waals surface area contributed by atoms with E-state index in [4.69, 9.17) is 110 Å². The van der Waals surface area contributed by atoms with Gasteiger partial charge in [-0.05, 0) is 142 Å². The van der Waals surface area contributed by atoms with Gasteiger partial charge in [0.1, 0.15) is 109 Å². The molecule has 824 valence electrons. The quantitative estimate of drug-likeness (QED) is 0.0113. The molecule has 14 unspecified atom stereocenters. The summed E-state index contributed by atoms with van der Waals surface area (Å²) < 4.78 is 133. The third-order valence-electron chi connectivity index (χ3n) is 24.6. The molecule has 4 aromatic carbocycles. The minimum atomic E-state index is -1.69. The van der Waals surface area contributed by atoms with Crippen LogP contribution in [0.1, 0.15) is 193 Å². The number of aliphatic hydroxyl groups is 7. The summed E-state index contributed by atoms with van der Waals surface area (Å²) in [6.45, 7) is 28.3. The van der Waals surface area contributed by atoms with E-state index in [1.165, 1.54) is 31.6 Å². The van der Waals surface area contributed by atoms with Gasteiger partial charge in [0.15, 0.2) is 62.5 Å². The van der Waals surface area contributed by atoms with Crippen LogP contribution in [0.2, 0.25) is 0 Å². The molecule has 8 heterocycles. The van der Waals surface area contributed by atoms with Crippen molar-refractivity contribution >= 4 is 122 Å². The predicted molar refractivity (Wildman–Crippen MR) is 565 cm³/mol. The van der Waals surface area contributed by atoms with E-state index in [1.807, 2.05) is 152 Å². The Hall–Kier alpha value is -4.80. The number of aliphatic hydroxyl groups excluding tert-OH is 7. The highest BCUT2D eigenvalue weighted by Crippen LogP contribution is 2.45. The van der Waals surface area contributed by atoms with Crippen LogP contribution >= 0.6 is 0 Å². The highest BCUT2D eigenvalue weighted by molar-refractivity contribution is 8.68. The van der Waals surface area contributed by atoms with Gasteiger partial charge in [-0.3, -0.25) is 9.59 Å². The fourth-order valence-electron chi connectivity index (χ4n) is 17.0. The van der Waals surface area contributed by atoms with Gasteiger partial charge in [-0.2, -0.15) is 0 Å². The molecule has 0 bridgehead atoms. The van der Waals surface area contributed by atoms with Crippen LogP contribution in [0.5, 0.6) is 11.5 Å². The number of ether oxygens (including phenoxy) is 22. The number of hydrogen-bond donors (Lipinski definition) is 10. The van der Waals surface area contributed by atoms with Crippen LogP contribution in [-0.4, -0.2) is 298 Å². The van der Waals surface area contributed by atoms with E-state index >= 15 is 0 Å². The number of hydrogen-bond acceptors (Lipinski definition) is 38. The van der Waals surface area contributed by atoms with E-state index in [0.717, 1.165) is 58.5 Å². The molecule has 8 fully saturated rings. The first-order valence-corrected chi connectivity index (χ1v) is 59.0. The Morgan fingerprint density at radius 2 is 0.759 bits per heavy atom. The lowest BCUT2D eigenvalue weighted by Gasteiger charge is -2.50. The predicted octanol–water partition coefficient (Wildman–Crippen LogP) is 10.1. The molecule has 8 aliphatic heterocycles. The number of rotatable bonds is 38. The fourth-order valence-corrected chi connectivity index (χ4v) is 25.2. The Bertz CT molecular complexity index is 4580. The Morgan fingerprint density at radius 3 is 1.15 bits per heavy atom. The molecule has 32 atom stereocenters. The third kappa shape index (κ3) is 42.5. The van der Waals surface area contributed by atoms with Crippen molar-refractivity contribution < 1.29 is 159 Å². The SMILES string of the molecule is C.C.CC(=O)OC1[C@H](OCCCCCNC(=O)OC(C)(C)C)OC(CO)[C@@H](O[C@@H]2OC3COC(c4ccccc4)O[C@@H]3[C@H](C)C2C)[C@@H]1C.CC(=O)OC1[C@H](OCCCCCNC(=O)OC(C)(C)C)OC(COc2ccccc2)[C@@H](O[C@@H]2OC3COC(c4ccccc4)O[C@@H]3[C@H](C)C2C)[C@@H]1C.NCCCCCO[C@@H]1OC(COc2ccccc2)[C@@H](O[C@@H]2OC(CO)[C@H](O)[C@H](O)C2O)[C@H](O)C1O.S=S=S.S=S=S=S=S=S=S. The Kier molecular flexibility index (Phi) is 60.1. The van der Waals surface area contributed by atoms with Crippen molar-refractivity contribution in [1.29, 1.82) is 0 Å². The number of fused-ring (bicyclic) bond motifs is 2. The Balaban J connectivity index is 0.000000320. The summed E-state index contributed by atoms with van der Waals surface area (Å²) in [6, 6.07) is 38.1. The van der Waals surface area contributed by atoms with Gasteiger partial charge >= 0.3 is 24.1 Å². The minimum Gasteiger partial charge on any atom is -0.491 e. The number of benzene rings is 4. The zero-order valence-corrected chi connectivity index (χ0v) is 91.4. The van der Waals surface area contributed by atoms with E-state index in [9.17, 15) is 54.9 Å². The van der Waals surface area contributed by atoms with Gasteiger partial charge in [0.05, 0.1) is 50.8 Å². The molecule has 145 heavy (non-hydrogen) atoms. The summed E-state index contributed by atoms with van der Waals surface area (Å²) in [5.74, 6) is -0.294. The zero-order valence-electron chi connectivity index (χ0n) is 83.3. The maximum Gasteiger partial charge on any atom is 0.407 e. The maximum absolute atomic E-state index is 12.4. The van der Waals surface area contributed by atoms with Crippen molar-refractivity contribution in [3.63, 3.8) is 0 Å². The van der Waals surface area contributed by atoms with Crippen LogP contribution in [0.15, 0.2) is 121 Å². The van der Waals surface area contributed by atoms with Gasteiger partial charge in [0, 0.05) is 180 Å². The largest absolute Gasteiger partial charge is 0.491 e. The first kappa shape index (κ1) is 129. The number of carbonyl (C=O) groups excluding carboxylic acids is 4. The number of nitrogens with one attached hydrogen (secondary N) is 2. The highest BCUT2D eigenvalue weighted by atomic mass is 33.4. The van der Waals surface area contributed by atoms with Gasteiger partial charge in [-0.1, -0.05) is 153 Å². The summed E-state index contributed by atoms with van der Waals surface area (Å²) in [6.07, 6.45) is -16.9. The standard InChI is InChI=1S/C40H57NO11.C34H53NO11.C23H37NO11.2CH4.S7.S3/c1-25-26(2)36(48-32-24-46-37(51-33(25)32)29-17-11-8-12-18-29)50-34-27(3)35(47-28(4)42)38(49-31(34)23-45-30-19-13-9-14-20-30)44-22-16-10-15-21-41-39(43)52-40(5,6)7;1-20-21(2)30(43-26-19-40-31(45-27(20)26)24-14-10-8-11-15-24)44-28-22(3)29(41-23(4)37)32(42-25(28)18-36)39-17-13-9-12-16-35-33(38)46-34(5,6)7;24-9-5-2-6-10-31-22-20(30)18(28)21(15(34-22)12-32-13-7-3-1-4-8-13)35-23-19(29)17(27)16(26)14(11-25)33-23;;;1-3-5-7-6-4-2;1-3-2/h8-9,11-14,17-20,25-27,31-38H,10,15-16,21-24H2,1-7H3,(H,41,43);8,10-11,14-15,20-22,25-32,36H,9,12-13,16-19H2,1-7H3,(H,35,38);1,3-4,7-8,14-23,25-30H,2,5-6,9-12,24H2;2*1H4;;/t25-,26?,27+,31?,32?,33-,34+,35?,36+,37?,38-;20-,21?,22+,25?,26?,27-,28+,29?,30+,31?,32-;14?,15?,16-,17-,18+,19?,20?,21+,22+,23-;;;;/m110..../s1. The van der Waals surface area contributed by atoms with E-state index < -0.39 is 178 Å². The number of alkyl carbamates (subject to hydrolysis) is 2. The summed E-state index contributed by atoms with van der Waals surface area (Å²) in [5, 5.41) is 77.2. The molecule has 8 aliphatic rings. The summed E-state index contributed by atoms with van der Waals surface area (Å²) in [4.78, 5) is 48.2. The van der Waals surface area contributed by atoms with Crippen LogP contribution in [0, 0.1) is 35.5 Å². The van der Waals surface area contributed by atoms with Gasteiger partial charge in [0.25, 0.3) is 0 Å². The second-order valence-electron chi connectivity index (χ2n) is 37.6. The van der Waals surface area contributed by atoms with Crippen molar-refractivity contribution in [3.8, 4) is 11.5 Å². The van der Waals surface area contributed by atoms with Crippen LogP contribution in [0.4, 0.5) is 9.59 Å². The normalized spacial score (nSPS) is 32.0. The van der Waals surface area contributed by atoms with Crippen molar-refractivity contribution in [2.75, 3.05) is 79.1 Å². The molecule has 12 rings (SSSR count). The average molecular weight is 2240 g/mol. The number of nitrogens with two attached hydrogens (primary N) is 1. The molecule has 0 saturated carbocycles. The van der Waals surface area contributed by atoms with Crippen LogP contribution in [0.3, 0.4) is 0 Å². The van der Waals surface area contributed by atoms with E-state index in [-0.39, 0.29) is 101 Å². The van der Waals surface area contributed by atoms with E-state index in [2.05, 4.69) is 83.1 Å². The number of esters is 2. The number of unbranched alkanes of at least 4 members (excludes halogenated alkanes) is 6. The van der Waals surface area contributed by atoms with Crippen LogP contribution < -0.4 is 25.8 Å². The molecule has 2 amide bonds. The van der Waals surface area contributed by atoms with Crippen LogP contribution in [-0.2, 0) is 202 Å². The molecule has 4 aromatic rings. The Labute approximate surface area is 890 Å². The van der Waals surface area contributed by atoms with Crippen molar-refractivity contribution in [2.45, 2.75) is 341 Å². The fraction of sp³-hybridized carbons (Fsp3) is 0.717. The lowest BCUT2D eigenvalue weighted by molar-refractivity contribution is -0.368.